The Balaban J connectivity index is 0.697. The molecule has 5 saturated heterocycles. The third-order valence-electron chi connectivity index (χ3n) is 16.0. The molecule has 3 N–H and O–H groups in total. The van der Waals surface area contributed by atoms with Crippen LogP contribution in [0.15, 0.2) is 42.7 Å². The van der Waals surface area contributed by atoms with Crippen LogP contribution in [0.25, 0.3) is 0 Å². The zero-order chi connectivity index (χ0) is 45.9. The van der Waals surface area contributed by atoms with Gasteiger partial charge in [0, 0.05) is 106 Å². The number of piperidine rings is 3. The average Bonchev–Trinajstić information content (AvgIpc) is 3.98. The Morgan fingerprint density at radius 3 is 2.30 bits per heavy atom. The number of piperazine rings is 1. The first-order chi connectivity index (χ1) is 31.7. The van der Waals surface area contributed by atoms with Gasteiger partial charge in [-0.3, -0.25) is 29.4 Å². The number of hydrogen-bond acceptors (Lipinski definition) is 12. The molecule has 1 unspecified atom stereocenters. The van der Waals surface area contributed by atoms with E-state index in [0.717, 1.165) is 81.3 Å². The Morgan fingerprint density at radius 1 is 0.848 bits per heavy atom. The minimum Gasteiger partial charge on any atom is -0.383 e. The molecule has 1 saturated carbocycles. The van der Waals surface area contributed by atoms with Gasteiger partial charge < -0.3 is 35.1 Å². The number of nitrogens with one attached hydrogen (secondary N) is 3. The molecule has 6 fully saturated rings. The van der Waals surface area contributed by atoms with Crippen LogP contribution in [0.1, 0.15) is 86.7 Å². The van der Waals surface area contributed by atoms with Crippen LogP contribution in [-0.4, -0.2) is 138 Å². The number of rotatable bonds is 11. The number of hydrogen-bond donors (Lipinski definition) is 3. The van der Waals surface area contributed by atoms with Crippen LogP contribution in [0.3, 0.4) is 0 Å². The molecular weight excluding hydrogens is 845 g/mol. The van der Waals surface area contributed by atoms with E-state index in [1.54, 1.807) is 16.1 Å². The van der Waals surface area contributed by atoms with Gasteiger partial charge in [-0.05, 0) is 101 Å². The maximum atomic E-state index is 15.7. The highest BCUT2D eigenvalue weighted by molar-refractivity contribution is 6.06. The number of carbonyl (C=O) groups is 4. The fourth-order valence-electron chi connectivity index (χ4n) is 11.9. The normalized spacial score (nSPS) is 26.3. The number of benzene rings is 2. The first-order valence-corrected chi connectivity index (χ1v) is 24.0. The van der Waals surface area contributed by atoms with Gasteiger partial charge in [-0.15, -0.1) is 0 Å². The van der Waals surface area contributed by atoms with Gasteiger partial charge in [0.15, 0.2) is 0 Å². The molecule has 4 atom stereocenters. The van der Waals surface area contributed by atoms with Crippen molar-refractivity contribution in [1.29, 1.82) is 0 Å². The van der Waals surface area contributed by atoms with Crippen molar-refractivity contribution in [3.05, 3.63) is 71.1 Å². The van der Waals surface area contributed by atoms with E-state index in [9.17, 15) is 19.2 Å². The summed E-state index contributed by atoms with van der Waals surface area (Å²) in [6.07, 6.45) is 7.80. The number of likely N-dealkylation sites (N-methyl/N-ethyl adjacent to an activating group) is 1. The standard InChI is InChI=1S/C49H63F2N11O4/c1-48(2)9-14-58(15-10-48)24-33-21-38(51)41(22-37(33)50)61-28-45(64)56-49(29-61)11-16-59(17-12-49)42-23-43(54-30-53-42)60-25-31-19-34(20-32(31)26-60)57(3)18-13-52-39-6-4-5-35-36(39)27-62(47(35)66)40-7-8-44(63)55-46(40)65/h4-6,21-23,30-32,34,40,52H,7-20,24-29H2,1-3H3,(H,56,64)(H,55,63,65)/t31-,32+,34-,40?. The van der Waals surface area contributed by atoms with E-state index in [1.807, 2.05) is 18.2 Å². The number of likely N-dealkylation sites (tertiary alicyclic amines) is 1. The Bertz CT molecular complexity index is 2370. The smallest absolute Gasteiger partial charge is 0.255 e. The molecule has 66 heavy (non-hydrogen) atoms. The van der Waals surface area contributed by atoms with Gasteiger partial charge in [0.1, 0.15) is 35.6 Å². The molecule has 0 radical (unpaired) electrons. The van der Waals surface area contributed by atoms with Crippen molar-refractivity contribution in [3.8, 4) is 0 Å². The van der Waals surface area contributed by atoms with Gasteiger partial charge in [0.2, 0.25) is 17.7 Å². The molecule has 1 aliphatic carbocycles. The summed E-state index contributed by atoms with van der Waals surface area (Å²) in [6.45, 7) is 12.1. The summed E-state index contributed by atoms with van der Waals surface area (Å²) < 4.78 is 31.3. The molecule has 2 aromatic carbocycles. The molecular formula is C49H63F2N11O4. The van der Waals surface area contributed by atoms with Crippen LogP contribution in [0.5, 0.6) is 0 Å². The number of imide groups is 1. The number of carbonyl (C=O) groups excluding carboxylic acids is 4. The number of aromatic nitrogens is 2. The summed E-state index contributed by atoms with van der Waals surface area (Å²) in [7, 11) is 2.19. The number of halogens is 2. The largest absolute Gasteiger partial charge is 0.383 e. The highest BCUT2D eigenvalue weighted by Gasteiger charge is 2.45. The zero-order valence-electron chi connectivity index (χ0n) is 38.5. The topological polar surface area (TPSA) is 150 Å². The second-order valence-electron chi connectivity index (χ2n) is 20.9. The fraction of sp³-hybridized carbons (Fsp3) is 0.592. The lowest BCUT2D eigenvalue weighted by Gasteiger charge is -2.48. The van der Waals surface area contributed by atoms with Crippen molar-refractivity contribution in [2.24, 2.45) is 17.3 Å². The van der Waals surface area contributed by atoms with Gasteiger partial charge in [-0.2, -0.15) is 0 Å². The predicted molar refractivity (Wildman–Crippen MR) is 247 cm³/mol. The van der Waals surface area contributed by atoms with Gasteiger partial charge >= 0.3 is 0 Å². The molecule has 15 nitrogen and oxygen atoms in total. The summed E-state index contributed by atoms with van der Waals surface area (Å²) >= 11 is 0. The molecule has 17 heteroatoms. The fourth-order valence-corrected chi connectivity index (χ4v) is 11.9. The molecule has 352 valence electrons. The molecule has 6 aliphatic heterocycles. The molecule has 10 rings (SSSR count). The van der Waals surface area contributed by atoms with Crippen molar-refractivity contribution in [2.45, 2.75) is 95.9 Å². The van der Waals surface area contributed by atoms with Gasteiger partial charge in [0.05, 0.1) is 17.8 Å². The summed E-state index contributed by atoms with van der Waals surface area (Å²) in [4.78, 5) is 72.6. The summed E-state index contributed by atoms with van der Waals surface area (Å²) in [5.74, 6) is 0.943. The maximum Gasteiger partial charge on any atom is 0.255 e. The van der Waals surface area contributed by atoms with Crippen LogP contribution >= 0.6 is 0 Å². The number of amides is 4. The SMILES string of the molecule is CN(CCNc1cccc2c1CN(C1CCC(=O)NC1=O)C2=O)[C@@H]1C[C@@H]2CN(c3cc(N4CCC5(CC4)CN(c4cc(F)c(CN6CCC(C)(C)CC6)cc4F)CC(=O)N5)ncn3)C[C@@H]2C1. The van der Waals surface area contributed by atoms with Gasteiger partial charge in [0.25, 0.3) is 5.91 Å². The van der Waals surface area contributed by atoms with E-state index < -0.39 is 29.1 Å². The molecule has 0 bridgehead atoms. The minimum absolute atomic E-state index is 0.0143. The quantitative estimate of drug-likeness (QED) is 0.235. The van der Waals surface area contributed by atoms with E-state index in [4.69, 9.17) is 4.98 Å². The molecule has 7 aliphatic rings. The zero-order valence-corrected chi connectivity index (χ0v) is 38.5. The number of nitrogens with zero attached hydrogens (tertiary/aromatic N) is 8. The number of fused-ring (bicyclic) bond motifs is 2. The van der Waals surface area contributed by atoms with Crippen LogP contribution in [0, 0.1) is 28.9 Å². The van der Waals surface area contributed by atoms with Crippen LogP contribution < -0.4 is 30.7 Å². The minimum atomic E-state index is -0.637. The van der Waals surface area contributed by atoms with Crippen molar-refractivity contribution >= 4 is 46.6 Å². The van der Waals surface area contributed by atoms with Crippen LogP contribution in [0.4, 0.5) is 31.8 Å². The third-order valence-corrected chi connectivity index (χ3v) is 16.0. The van der Waals surface area contributed by atoms with Crippen molar-refractivity contribution in [3.63, 3.8) is 0 Å². The van der Waals surface area contributed by atoms with Crippen molar-refractivity contribution < 1.29 is 28.0 Å². The molecule has 3 aromatic rings. The molecule has 4 amide bonds. The van der Waals surface area contributed by atoms with Crippen LogP contribution in [0.2, 0.25) is 0 Å². The van der Waals surface area contributed by atoms with Crippen molar-refractivity contribution in [1.82, 2.24) is 35.3 Å². The summed E-state index contributed by atoms with van der Waals surface area (Å²) in [6, 6.07) is 10.2. The summed E-state index contributed by atoms with van der Waals surface area (Å²) in [5.41, 5.74) is 2.63. The van der Waals surface area contributed by atoms with E-state index >= 15 is 8.78 Å². The highest BCUT2D eigenvalue weighted by atomic mass is 19.1. The van der Waals surface area contributed by atoms with Gasteiger partial charge in [-0.25, -0.2) is 18.7 Å². The Hall–Kier alpha value is -5.42. The second-order valence-corrected chi connectivity index (χ2v) is 20.9. The Morgan fingerprint density at radius 2 is 1.58 bits per heavy atom. The van der Waals surface area contributed by atoms with E-state index in [1.165, 1.54) is 12.1 Å². The van der Waals surface area contributed by atoms with E-state index in [0.29, 0.717) is 87.5 Å². The predicted octanol–water partition coefficient (Wildman–Crippen LogP) is 4.37. The van der Waals surface area contributed by atoms with Gasteiger partial charge in [-0.1, -0.05) is 19.9 Å². The first-order valence-electron chi connectivity index (χ1n) is 24.0. The molecule has 1 aromatic heterocycles. The molecule has 7 heterocycles. The highest BCUT2D eigenvalue weighted by Crippen LogP contribution is 2.42. The lowest BCUT2D eigenvalue weighted by Crippen LogP contribution is -2.66. The molecule has 1 spiro atoms. The lowest BCUT2D eigenvalue weighted by molar-refractivity contribution is -0.137. The van der Waals surface area contributed by atoms with Crippen LogP contribution in [-0.2, 0) is 27.5 Å². The number of anilines is 4. The maximum absolute atomic E-state index is 15.7. The summed E-state index contributed by atoms with van der Waals surface area (Å²) in [5, 5.41) is 9.18. The Labute approximate surface area is 385 Å². The third kappa shape index (κ3) is 8.92. The average molecular weight is 908 g/mol. The first kappa shape index (κ1) is 44.4. The van der Waals surface area contributed by atoms with E-state index in [-0.39, 0.29) is 41.8 Å². The Kier molecular flexibility index (Phi) is 11.9. The van der Waals surface area contributed by atoms with Crippen molar-refractivity contribution in [2.75, 3.05) is 92.5 Å². The lowest BCUT2D eigenvalue weighted by atomic mass is 9.82. The van der Waals surface area contributed by atoms with E-state index in [2.05, 4.69) is 67.5 Å². The second kappa shape index (κ2) is 17.7. The monoisotopic (exact) mass is 908 g/mol.